The molecule has 2 rings (SSSR count). The topological polar surface area (TPSA) is 55.8 Å². The largest absolute Gasteiger partial charge is 0.472 e. The van der Waals surface area contributed by atoms with Gasteiger partial charge < -0.3 is 4.89 Å². The summed E-state index contributed by atoms with van der Waals surface area (Å²) in [5.41, 5.74) is 0. The van der Waals surface area contributed by atoms with E-state index in [-0.39, 0.29) is 12.2 Å². The Morgan fingerprint density at radius 1 is 0.810 bits per heavy atom. The molecule has 0 heterocycles. The summed E-state index contributed by atoms with van der Waals surface area (Å²) in [6, 6.07) is 0. The van der Waals surface area contributed by atoms with Crippen molar-refractivity contribution < 1.29 is 18.5 Å². The van der Waals surface area contributed by atoms with Gasteiger partial charge in [0.25, 0.3) is 0 Å². The van der Waals surface area contributed by atoms with Gasteiger partial charge in [0.1, 0.15) is 0 Å². The van der Waals surface area contributed by atoms with Crippen LogP contribution in [-0.2, 0) is 13.6 Å². The van der Waals surface area contributed by atoms with E-state index < -0.39 is 7.82 Å². The third-order valence-electron chi connectivity index (χ3n) is 5.31. The smallest absolute Gasteiger partial charge is 0.302 e. The van der Waals surface area contributed by atoms with Gasteiger partial charge >= 0.3 is 7.82 Å². The van der Waals surface area contributed by atoms with Crippen molar-refractivity contribution >= 4 is 7.82 Å². The SMILES string of the molecule is CCC1CCC(OP(=O)(O)OC2CCC(CC)CC2)CC1. The molecule has 0 aromatic carbocycles. The quantitative estimate of drug-likeness (QED) is 0.696. The molecule has 2 fully saturated rings. The van der Waals surface area contributed by atoms with Gasteiger partial charge in [0, 0.05) is 0 Å². The lowest BCUT2D eigenvalue weighted by molar-refractivity contribution is 0.0359. The molecule has 0 amide bonds. The van der Waals surface area contributed by atoms with Crippen LogP contribution >= 0.6 is 7.82 Å². The highest BCUT2D eigenvalue weighted by Crippen LogP contribution is 2.50. The van der Waals surface area contributed by atoms with E-state index in [1.54, 1.807) is 0 Å². The maximum absolute atomic E-state index is 12.2. The van der Waals surface area contributed by atoms with E-state index in [0.717, 1.165) is 63.2 Å². The Morgan fingerprint density at radius 3 is 1.43 bits per heavy atom. The highest BCUT2D eigenvalue weighted by Gasteiger charge is 2.33. The van der Waals surface area contributed by atoms with Gasteiger partial charge in [0.2, 0.25) is 0 Å². The van der Waals surface area contributed by atoms with E-state index in [9.17, 15) is 9.46 Å². The first kappa shape index (κ1) is 17.5. The first-order valence-corrected chi connectivity index (χ1v) is 10.2. The third-order valence-corrected chi connectivity index (χ3v) is 6.44. The molecule has 0 aliphatic heterocycles. The lowest BCUT2D eigenvalue weighted by Crippen LogP contribution is -2.24. The molecule has 2 aliphatic rings. The predicted molar refractivity (Wildman–Crippen MR) is 84.1 cm³/mol. The highest BCUT2D eigenvalue weighted by molar-refractivity contribution is 7.47. The minimum absolute atomic E-state index is 0.101. The fourth-order valence-corrected chi connectivity index (χ4v) is 4.92. The van der Waals surface area contributed by atoms with Gasteiger partial charge in [-0.3, -0.25) is 9.05 Å². The molecular formula is C16H31O4P. The lowest BCUT2D eigenvalue weighted by Gasteiger charge is -2.31. The van der Waals surface area contributed by atoms with E-state index in [1.165, 1.54) is 12.8 Å². The van der Waals surface area contributed by atoms with Gasteiger partial charge in [0.05, 0.1) is 12.2 Å². The van der Waals surface area contributed by atoms with E-state index in [2.05, 4.69) is 13.8 Å². The maximum Gasteiger partial charge on any atom is 0.472 e. The molecule has 0 aromatic heterocycles. The minimum atomic E-state index is -3.89. The number of hydrogen-bond donors (Lipinski definition) is 1. The Hall–Kier alpha value is 0.110. The summed E-state index contributed by atoms with van der Waals surface area (Å²) in [5.74, 6) is 1.52. The Morgan fingerprint density at radius 2 is 1.14 bits per heavy atom. The lowest BCUT2D eigenvalue weighted by atomic mass is 9.86. The van der Waals surface area contributed by atoms with Crippen molar-refractivity contribution in [3.05, 3.63) is 0 Å². The Balaban J connectivity index is 1.73. The zero-order chi connectivity index (χ0) is 15.3. The zero-order valence-electron chi connectivity index (χ0n) is 13.5. The van der Waals surface area contributed by atoms with Crippen LogP contribution in [0, 0.1) is 11.8 Å². The average Bonchev–Trinajstić information content (AvgIpc) is 2.48. The monoisotopic (exact) mass is 318 g/mol. The molecule has 0 atom stereocenters. The molecule has 2 saturated carbocycles. The number of rotatable bonds is 6. The second-order valence-electron chi connectivity index (χ2n) is 6.78. The molecule has 0 radical (unpaired) electrons. The normalized spacial score (nSPS) is 37.1. The average molecular weight is 318 g/mol. The van der Waals surface area contributed by atoms with Gasteiger partial charge in [-0.15, -0.1) is 0 Å². The van der Waals surface area contributed by atoms with Crippen LogP contribution in [0.4, 0.5) is 0 Å². The van der Waals surface area contributed by atoms with E-state index in [0.29, 0.717) is 0 Å². The van der Waals surface area contributed by atoms with Crippen molar-refractivity contribution in [1.29, 1.82) is 0 Å². The molecule has 21 heavy (non-hydrogen) atoms. The molecule has 0 unspecified atom stereocenters. The van der Waals surface area contributed by atoms with E-state index >= 15 is 0 Å². The second-order valence-corrected chi connectivity index (χ2v) is 8.14. The third kappa shape index (κ3) is 5.67. The molecule has 5 heteroatoms. The van der Waals surface area contributed by atoms with Gasteiger partial charge in [-0.25, -0.2) is 4.57 Å². The van der Waals surface area contributed by atoms with E-state index in [4.69, 9.17) is 9.05 Å². The van der Waals surface area contributed by atoms with Gasteiger partial charge in [0.15, 0.2) is 0 Å². The van der Waals surface area contributed by atoms with E-state index in [1.807, 2.05) is 0 Å². The van der Waals surface area contributed by atoms with Crippen LogP contribution in [0.1, 0.15) is 78.1 Å². The predicted octanol–water partition coefficient (Wildman–Crippen LogP) is 5.06. The summed E-state index contributed by atoms with van der Waals surface area (Å²) in [4.78, 5) is 9.98. The van der Waals surface area contributed by atoms with Gasteiger partial charge in [-0.1, -0.05) is 26.7 Å². The van der Waals surface area contributed by atoms with Crippen molar-refractivity contribution in [3.63, 3.8) is 0 Å². The summed E-state index contributed by atoms with van der Waals surface area (Å²) in [6.45, 7) is 4.41. The van der Waals surface area contributed by atoms with Crippen LogP contribution < -0.4 is 0 Å². The van der Waals surface area contributed by atoms with Crippen LogP contribution in [-0.4, -0.2) is 17.1 Å². The molecule has 0 spiro atoms. The summed E-state index contributed by atoms with van der Waals surface area (Å²) in [6.07, 6.45) is 10.1. The van der Waals surface area contributed by atoms with Crippen LogP contribution in [0.15, 0.2) is 0 Å². The summed E-state index contributed by atoms with van der Waals surface area (Å²) < 4.78 is 23.0. The van der Waals surface area contributed by atoms with Crippen molar-refractivity contribution in [2.75, 3.05) is 0 Å². The number of phosphoric acid groups is 1. The van der Waals surface area contributed by atoms with Gasteiger partial charge in [-0.05, 0) is 63.2 Å². The molecule has 0 aromatic rings. The number of hydrogen-bond acceptors (Lipinski definition) is 3. The Kier molecular flexibility index (Phi) is 6.74. The molecule has 2 aliphatic carbocycles. The minimum Gasteiger partial charge on any atom is -0.302 e. The zero-order valence-corrected chi connectivity index (χ0v) is 14.4. The van der Waals surface area contributed by atoms with Crippen molar-refractivity contribution in [2.24, 2.45) is 11.8 Å². The molecular weight excluding hydrogens is 287 g/mol. The van der Waals surface area contributed by atoms with Crippen molar-refractivity contribution in [2.45, 2.75) is 90.3 Å². The van der Waals surface area contributed by atoms with Crippen LogP contribution in [0.2, 0.25) is 0 Å². The number of phosphoric ester groups is 1. The molecule has 1 N–H and O–H groups in total. The summed E-state index contributed by atoms with van der Waals surface area (Å²) >= 11 is 0. The first-order chi connectivity index (χ1) is 10.0. The standard InChI is InChI=1S/C16H31O4P/c1-3-13-5-9-15(10-6-13)19-21(17,18)20-16-11-7-14(4-2)8-12-16/h13-16H,3-12H2,1-2H3,(H,17,18). The van der Waals surface area contributed by atoms with Crippen molar-refractivity contribution in [1.82, 2.24) is 0 Å². The Bertz CT molecular complexity index is 314. The summed E-state index contributed by atoms with van der Waals surface area (Å²) in [5, 5.41) is 0. The van der Waals surface area contributed by atoms with Crippen LogP contribution in [0.5, 0.6) is 0 Å². The fourth-order valence-electron chi connectivity index (χ4n) is 3.69. The molecule has 4 nitrogen and oxygen atoms in total. The highest BCUT2D eigenvalue weighted by atomic mass is 31.2. The van der Waals surface area contributed by atoms with Gasteiger partial charge in [-0.2, -0.15) is 0 Å². The van der Waals surface area contributed by atoms with Crippen molar-refractivity contribution in [3.8, 4) is 0 Å². The first-order valence-electron chi connectivity index (χ1n) is 8.72. The molecule has 124 valence electrons. The van der Waals surface area contributed by atoms with Crippen LogP contribution in [0.3, 0.4) is 0 Å². The summed E-state index contributed by atoms with van der Waals surface area (Å²) in [7, 11) is -3.89. The Labute approximate surface area is 129 Å². The maximum atomic E-state index is 12.2. The second kappa shape index (κ2) is 8.10. The molecule has 0 bridgehead atoms. The fraction of sp³-hybridized carbons (Fsp3) is 1.00. The molecule has 0 saturated heterocycles. The van der Waals surface area contributed by atoms with Crippen LogP contribution in [0.25, 0.3) is 0 Å².